The maximum absolute atomic E-state index is 6.03. The summed E-state index contributed by atoms with van der Waals surface area (Å²) < 4.78 is 5.23. The molecule has 0 unspecified atom stereocenters. The van der Waals surface area contributed by atoms with Crippen LogP contribution >= 0.6 is 0 Å². The summed E-state index contributed by atoms with van der Waals surface area (Å²) in [5.41, 5.74) is 9.15. The first-order valence-electron chi connectivity index (χ1n) is 5.84. The van der Waals surface area contributed by atoms with Crippen LogP contribution in [0.1, 0.15) is 43.7 Å². The maximum Gasteiger partial charge on any atom is 0.247 e. The van der Waals surface area contributed by atoms with Crippen molar-refractivity contribution in [1.82, 2.24) is 9.97 Å². The molecular formula is C12H15N3O. The van der Waals surface area contributed by atoms with E-state index in [9.17, 15) is 0 Å². The van der Waals surface area contributed by atoms with Gasteiger partial charge >= 0.3 is 0 Å². The number of fused-ring (bicyclic) bond motifs is 1. The standard InChI is InChI=1S/C12H15N3O/c13-9-6-10-12(16-7-14-10)15-11(9)8-4-2-1-3-5-8/h6-8H,1-5,13H2. The number of rotatable bonds is 1. The molecule has 0 radical (unpaired) electrons. The van der Waals surface area contributed by atoms with Crippen molar-refractivity contribution in [3.8, 4) is 0 Å². The Morgan fingerprint density at radius 3 is 2.88 bits per heavy atom. The number of aromatic nitrogens is 2. The summed E-state index contributed by atoms with van der Waals surface area (Å²) in [5.74, 6) is 0.503. The van der Waals surface area contributed by atoms with E-state index >= 15 is 0 Å². The van der Waals surface area contributed by atoms with E-state index in [4.69, 9.17) is 10.2 Å². The number of pyridine rings is 1. The molecule has 2 aromatic heterocycles. The van der Waals surface area contributed by atoms with Crippen molar-refractivity contribution in [3.05, 3.63) is 18.2 Å². The molecule has 1 aliphatic carbocycles. The summed E-state index contributed by atoms with van der Waals surface area (Å²) in [7, 11) is 0. The Morgan fingerprint density at radius 1 is 1.25 bits per heavy atom. The number of hydrogen-bond donors (Lipinski definition) is 1. The molecule has 0 saturated heterocycles. The highest BCUT2D eigenvalue weighted by Crippen LogP contribution is 2.35. The van der Waals surface area contributed by atoms with Gasteiger partial charge in [-0.1, -0.05) is 19.3 Å². The second kappa shape index (κ2) is 3.77. The van der Waals surface area contributed by atoms with Crippen LogP contribution in [0.25, 0.3) is 11.2 Å². The Morgan fingerprint density at radius 2 is 2.06 bits per heavy atom. The largest absolute Gasteiger partial charge is 0.425 e. The minimum absolute atomic E-state index is 0.503. The van der Waals surface area contributed by atoms with E-state index in [1.165, 1.54) is 38.5 Å². The third kappa shape index (κ3) is 1.54. The van der Waals surface area contributed by atoms with E-state index in [1.54, 1.807) is 0 Å². The average molecular weight is 217 g/mol. The third-order valence-electron chi connectivity index (χ3n) is 3.38. The van der Waals surface area contributed by atoms with Gasteiger partial charge in [0.2, 0.25) is 5.71 Å². The van der Waals surface area contributed by atoms with Crippen molar-refractivity contribution in [2.45, 2.75) is 38.0 Å². The normalized spacial score (nSPS) is 18.0. The number of nitrogens with two attached hydrogens (primary N) is 1. The van der Waals surface area contributed by atoms with Gasteiger partial charge in [-0.05, 0) is 18.9 Å². The van der Waals surface area contributed by atoms with Gasteiger partial charge in [-0.2, -0.15) is 0 Å². The van der Waals surface area contributed by atoms with E-state index in [-0.39, 0.29) is 0 Å². The van der Waals surface area contributed by atoms with E-state index in [0.29, 0.717) is 11.6 Å². The lowest BCUT2D eigenvalue weighted by molar-refractivity contribution is 0.437. The van der Waals surface area contributed by atoms with Crippen molar-refractivity contribution >= 4 is 16.9 Å². The lowest BCUT2D eigenvalue weighted by Gasteiger charge is -2.21. The number of nitrogens with zero attached hydrogens (tertiary/aromatic N) is 2. The van der Waals surface area contributed by atoms with Gasteiger partial charge in [-0.3, -0.25) is 0 Å². The van der Waals surface area contributed by atoms with E-state index in [0.717, 1.165) is 16.9 Å². The van der Waals surface area contributed by atoms with Crippen LogP contribution in [0.3, 0.4) is 0 Å². The van der Waals surface area contributed by atoms with E-state index < -0.39 is 0 Å². The smallest absolute Gasteiger partial charge is 0.247 e. The highest BCUT2D eigenvalue weighted by atomic mass is 16.3. The summed E-state index contributed by atoms with van der Waals surface area (Å²) in [6, 6.07) is 1.87. The first-order chi connectivity index (χ1) is 7.84. The Bertz CT molecular complexity index is 500. The topological polar surface area (TPSA) is 64.9 Å². The molecule has 3 rings (SSSR count). The van der Waals surface area contributed by atoms with E-state index in [1.807, 2.05) is 6.07 Å². The molecule has 4 heteroatoms. The number of anilines is 1. The molecule has 0 amide bonds. The molecule has 84 valence electrons. The summed E-state index contributed by atoms with van der Waals surface area (Å²) in [4.78, 5) is 8.56. The first-order valence-corrected chi connectivity index (χ1v) is 5.84. The summed E-state index contributed by atoms with van der Waals surface area (Å²) >= 11 is 0. The second-order valence-electron chi connectivity index (χ2n) is 4.47. The van der Waals surface area contributed by atoms with Crippen molar-refractivity contribution in [2.24, 2.45) is 0 Å². The molecular weight excluding hydrogens is 202 g/mol. The van der Waals surface area contributed by atoms with Gasteiger partial charge in [0.05, 0.1) is 11.4 Å². The van der Waals surface area contributed by atoms with Crippen LogP contribution in [0.15, 0.2) is 16.9 Å². The van der Waals surface area contributed by atoms with Crippen LogP contribution in [-0.2, 0) is 0 Å². The maximum atomic E-state index is 6.03. The molecule has 4 nitrogen and oxygen atoms in total. The molecule has 2 aromatic rings. The Balaban J connectivity index is 2.03. The quantitative estimate of drug-likeness (QED) is 0.797. The van der Waals surface area contributed by atoms with Gasteiger partial charge in [-0.25, -0.2) is 9.97 Å². The van der Waals surface area contributed by atoms with Gasteiger partial charge in [0.1, 0.15) is 5.52 Å². The van der Waals surface area contributed by atoms with Crippen LogP contribution in [-0.4, -0.2) is 9.97 Å². The van der Waals surface area contributed by atoms with Gasteiger partial charge in [-0.15, -0.1) is 0 Å². The SMILES string of the molecule is Nc1cc2ncoc2nc1C1CCCCC1. The average Bonchev–Trinajstić information content (AvgIpc) is 2.76. The summed E-state index contributed by atoms with van der Waals surface area (Å²) in [5, 5.41) is 0. The molecule has 0 bridgehead atoms. The van der Waals surface area contributed by atoms with Crippen LogP contribution < -0.4 is 5.73 Å². The molecule has 16 heavy (non-hydrogen) atoms. The minimum atomic E-state index is 0.503. The van der Waals surface area contributed by atoms with Crippen LogP contribution in [0.2, 0.25) is 0 Å². The monoisotopic (exact) mass is 217 g/mol. The van der Waals surface area contributed by atoms with Crippen molar-refractivity contribution in [3.63, 3.8) is 0 Å². The second-order valence-corrected chi connectivity index (χ2v) is 4.47. The fraction of sp³-hybridized carbons (Fsp3) is 0.500. The molecule has 2 N–H and O–H groups in total. The highest BCUT2D eigenvalue weighted by molar-refractivity contribution is 5.73. The van der Waals surface area contributed by atoms with Crippen LogP contribution in [0, 0.1) is 0 Å². The lowest BCUT2D eigenvalue weighted by atomic mass is 9.86. The van der Waals surface area contributed by atoms with Crippen LogP contribution in [0.5, 0.6) is 0 Å². The van der Waals surface area contributed by atoms with Crippen molar-refractivity contribution < 1.29 is 4.42 Å². The van der Waals surface area contributed by atoms with Crippen molar-refractivity contribution in [2.75, 3.05) is 5.73 Å². The molecule has 0 aromatic carbocycles. The summed E-state index contributed by atoms with van der Waals surface area (Å²) in [6.07, 6.45) is 7.69. The highest BCUT2D eigenvalue weighted by Gasteiger charge is 2.20. The minimum Gasteiger partial charge on any atom is -0.425 e. The molecule has 2 heterocycles. The lowest BCUT2D eigenvalue weighted by Crippen LogP contribution is -2.09. The van der Waals surface area contributed by atoms with Crippen LogP contribution in [0.4, 0.5) is 5.69 Å². The molecule has 0 atom stereocenters. The Labute approximate surface area is 93.9 Å². The number of nitrogen functional groups attached to an aromatic ring is 1. The van der Waals surface area contributed by atoms with Gasteiger partial charge in [0.15, 0.2) is 6.39 Å². The fourth-order valence-electron chi connectivity index (χ4n) is 2.53. The van der Waals surface area contributed by atoms with Gasteiger partial charge < -0.3 is 10.2 Å². The Kier molecular flexibility index (Phi) is 2.27. The zero-order valence-electron chi connectivity index (χ0n) is 9.15. The fourth-order valence-corrected chi connectivity index (χ4v) is 2.53. The molecule has 1 saturated carbocycles. The number of hydrogen-bond acceptors (Lipinski definition) is 4. The molecule has 0 spiro atoms. The zero-order chi connectivity index (χ0) is 11.0. The predicted molar refractivity (Wildman–Crippen MR) is 62.0 cm³/mol. The van der Waals surface area contributed by atoms with Gasteiger partial charge in [0, 0.05) is 5.92 Å². The molecule has 1 aliphatic rings. The predicted octanol–water partition coefficient (Wildman–Crippen LogP) is 2.85. The Hall–Kier alpha value is -1.58. The first kappa shape index (κ1) is 9.63. The summed E-state index contributed by atoms with van der Waals surface area (Å²) in [6.45, 7) is 0. The molecule has 0 aliphatic heterocycles. The number of oxazole rings is 1. The van der Waals surface area contributed by atoms with Crippen molar-refractivity contribution in [1.29, 1.82) is 0 Å². The zero-order valence-corrected chi connectivity index (χ0v) is 9.15. The third-order valence-corrected chi connectivity index (χ3v) is 3.38. The molecule has 1 fully saturated rings. The van der Waals surface area contributed by atoms with E-state index in [2.05, 4.69) is 9.97 Å². The van der Waals surface area contributed by atoms with Gasteiger partial charge in [0.25, 0.3) is 0 Å².